The molecule has 1 atom stereocenters. The molecule has 0 saturated carbocycles. The Morgan fingerprint density at radius 1 is 1.46 bits per heavy atom. The number of nitrogens with one attached hydrogen (secondary N) is 1. The zero-order chi connectivity index (χ0) is 9.42. The molecule has 1 unspecified atom stereocenters. The fourth-order valence-corrected chi connectivity index (χ4v) is 1.51. The standard InChI is InChI=1S/C10H12N2O/c1-6(13)8-4-3-5-9-10(8)12-7(2)11-9/h3-6,13H,1-2H3,(H,11,12). The van der Waals surface area contributed by atoms with E-state index in [2.05, 4.69) is 9.97 Å². The number of para-hydroxylation sites is 1. The van der Waals surface area contributed by atoms with Gasteiger partial charge in [-0.05, 0) is 19.9 Å². The average molecular weight is 176 g/mol. The molecule has 1 aromatic heterocycles. The zero-order valence-corrected chi connectivity index (χ0v) is 7.70. The third-order valence-electron chi connectivity index (χ3n) is 2.11. The summed E-state index contributed by atoms with van der Waals surface area (Å²) in [5.41, 5.74) is 2.73. The van der Waals surface area contributed by atoms with Gasteiger partial charge in [0.15, 0.2) is 0 Å². The number of aromatic amines is 1. The molecule has 13 heavy (non-hydrogen) atoms. The lowest BCUT2D eigenvalue weighted by molar-refractivity contribution is 0.200. The monoisotopic (exact) mass is 176 g/mol. The van der Waals surface area contributed by atoms with Gasteiger partial charge >= 0.3 is 0 Å². The molecule has 68 valence electrons. The lowest BCUT2D eigenvalue weighted by Gasteiger charge is -2.03. The van der Waals surface area contributed by atoms with Crippen LogP contribution in [-0.2, 0) is 0 Å². The molecule has 0 spiro atoms. The second kappa shape index (κ2) is 2.85. The molecule has 3 heteroatoms. The molecule has 0 aliphatic heterocycles. The van der Waals surface area contributed by atoms with E-state index in [0.29, 0.717) is 0 Å². The zero-order valence-electron chi connectivity index (χ0n) is 7.70. The number of benzene rings is 1. The molecule has 0 amide bonds. The molecular formula is C10H12N2O. The highest BCUT2D eigenvalue weighted by atomic mass is 16.3. The van der Waals surface area contributed by atoms with Gasteiger partial charge in [-0.3, -0.25) is 0 Å². The maximum absolute atomic E-state index is 9.48. The number of hydrogen-bond acceptors (Lipinski definition) is 2. The molecule has 2 N–H and O–H groups in total. The Morgan fingerprint density at radius 2 is 2.23 bits per heavy atom. The highest BCUT2D eigenvalue weighted by Gasteiger charge is 2.08. The molecular weight excluding hydrogens is 164 g/mol. The average Bonchev–Trinajstić information content (AvgIpc) is 2.43. The van der Waals surface area contributed by atoms with Gasteiger partial charge < -0.3 is 10.1 Å². The van der Waals surface area contributed by atoms with Crippen molar-refractivity contribution in [3.05, 3.63) is 29.6 Å². The van der Waals surface area contributed by atoms with Crippen LogP contribution in [0, 0.1) is 6.92 Å². The number of aryl methyl sites for hydroxylation is 1. The number of aromatic nitrogens is 2. The van der Waals surface area contributed by atoms with Crippen molar-refractivity contribution >= 4 is 11.0 Å². The van der Waals surface area contributed by atoms with Gasteiger partial charge in [-0.25, -0.2) is 4.98 Å². The van der Waals surface area contributed by atoms with Gasteiger partial charge in [0, 0.05) is 5.56 Å². The van der Waals surface area contributed by atoms with E-state index in [1.54, 1.807) is 6.92 Å². The SMILES string of the molecule is Cc1nc2c(C(C)O)cccc2[nH]1. The van der Waals surface area contributed by atoms with Crippen LogP contribution in [0.3, 0.4) is 0 Å². The summed E-state index contributed by atoms with van der Waals surface area (Å²) in [4.78, 5) is 7.45. The number of aliphatic hydroxyl groups is 1. The normalized spacial score (nSPS) is 13.5. The Hall–Kier alpha value is -1.35. The highest BCUT2D eigenvalue weighted by molar-refractivity contribution is 5.79. The van der Waals surface area contributed by atoms with Crippen LogP contribution in [0.25, 0.3) is 11.0 Å². The van der Waals surface area contributed by atoms with Crippen LogP contribution in [0.2, 0.25) is 0 Å². The van der Waals surface area contributed by atoms with E-state index in [9.17, 15) is 5.11 Å². The fourth-order valence-electron chi connectivity index (χ4n) is 1.51. The van der Waals surface area contributed by atoms with Crippen molar-refractivity contribution in [3.63, 3.8) is 0 Å². The fraction of sp³-hybridized carbons (Fsp3) is 0.300. The van der Waals surface area contributed by atoms with Crippen molar-refractivity contribution in [1.82, 2.24) is 9.97 Å². The van der Waals surface area contributed by atoms with Crippen molar-refractivity contribution in [2.75, 3.05) is 0 Å². The summed E-state index contributed by atoms with van der Waals surface area (Å²) in [5, 5.41) is 9.48. The third kappa shape index (κ3) is 1.31. The number of nitrogens with zero attached hydrogens (tertiary/aromatic N) is 1. The summed E-state index contributed by atoms with van der Waals surface area (Å²) in [7, 11) is 0. The number of rotatable bonds is 1. The molecule has 2 rings (SSSR count). The van der Waals surface area contributed by atoms with Gasteiger partial charge in [-0.1, -0.05) is 12.1 Å². The smallest absolute Gasteiger partial charge is 0.104 e. The number of fused-ring (bicyclic) bond motifs is 1. The summed E-state index contributed by atoms with van der Waals surface area (Å²) in [6.07, 6.45) is -0.466. The quantitative estimate of drug-likeness (QED) is 0.697. The number of H-pyrrole nitrogens is 1. The first kappa shape index (κ1) is 8.26. The van der Waals surface area contributed by atoms with Gasteiger partial charge in [-0.2, -0.15) is 0 Å². The van der Waals surface area contributed by atoms with Gasteiger partial charge in [0.1, 0.15) is 5.82 Å². The van der Waals surface area contributed by atoms with Crippen LogP contribution in [0.1, 0.15) is 24.4 Å². The van der Waals surface area contributed by atoms with Crippen molar-refractivity contribution in [1.29, 1.82) is 0 Å². The second-order valence-corrected chi connectivity index (χ2v) is 3.24. The van der Waals surface area contributed by atoms with Crippen LogP contribution in [-0.4, -0.2) is 15.1 Å². The van der Waals surface area contributed by atoms with Crippen LogP contribution in [0.5, 0.6) is 0 Å². The summed E-state index contributed by atoms with van der Waals surface area (Å²) in [6.45, 7) is 3.66. The lowest BCUT2D eigenvalue weighted by atomic mass is 10.1. The maximum Gasteiger partial charge on any atom is 0.104 e. The Morgan fingerprint density at radius 3 is 2.92 bits per heavy atom. The van der Waals surface area contributed by atoms with Crippen LogP contribution in [0.4, 0.5) is 0 Å². The summed E-state index contributed by atoms with van der Waals surface area (Å²) in [5.74, 6) is 0.878. The Kier molecular flexibility index (Phi) is 1.81. The molecule has 0 aliphatic carbocycles. The molecule has 1 heterocycles. The van der Waals surface area contributed by atoms with Crippen molar-refractivity contribution in [2.24, 2.45) is 0 Å². The summed E-state index contributed by atoms with van der Waals surface area (Å²) >= 11 is 0. The molecule has 0 aliphatic rings. The van der Waals surface area contributed by atoms with Gasteiger partial charge in [-0.15, -0.1) is 0 Å². The van der Waals surface area contributed by atoms with Gasteiger partial charge in [0.05, 0.1) is 17.1 Å². The van der Waals surface area contributed by atoms with E-state index in [-0.39, 0.29) is 0 Å². The first-order valence-corrected chi connectivity index (χ1v) is 4.32. The van der Waals surface area contributed by atoms with Crippen molar-refractivity contribution in [3.8, 4) is 0 Å². The van der Waals surface area contributed by atoms with E-state index >= 15 is 0 Å². The number of hydrogen-bond donors (Lipinski definition) is 2. The van der Waals surface area contributed by atoms with Crippen molar-refractivity contribution in [2.45, 2.75) is 20.0 Å². The van der Waals surface area contributed by atoms with Gasteiger partial charge in [0.2, 0.25) is 0 Å². The van der Waals surface area contributed by atoms with Crippen LogP contribution in [0.15, 0.2) is 18.2 Å². The predicted molar refractivity (Wildman–Crippen MR) is 51.5 cm³/mol. The number of imidazole rings is 1. The molecule has 3 nitrogen and oxygen atoms in total. The van der Waals surface area contributed by atoms with E-state index in [0.717, 1.165) is 22.4 Å². The predicted octanol–water partition coefficient (Wildman–Crippen LogP) is 1.92. The van der Waals surface area contributed by atoms with E-state index in [1.807, 2.05) is 25.1 Å². The van der Waals surface area contributed by atoms with Crippen LogP contribution >= 0.6 is 0 Å². The lowest BCUT2D eigenvalue weighted by Crippen LogP contribution is -1.91. The van der Waals surface area contributed by atoms with Crippen molar-refractivity contribution < 1.29 is 5.11 Å². The van der Waals surface area contributed by atoms with E-state index in [4.69, 9.17) is 0 Å². The number of aliphatic hydroxyl groups excluding tert-OH is 1. The molecule has 0 fully saturated rings. The minimum Gasteiger partial charge on any atom is -0.389 e. The van der Waals surface area contributed by atoms with E-state index < -0.39 is 6.10 Å². The Balaban J connectivity index is 2.75. The minimum atomic E-state index is -0.466. The molecule has 0 bridgehead atoms. The molecule has 1 aromatic carbocycles. The molecule has 0 saturated heterocycles. The molecule has 0 radical (unpaired) electrons. The summed E-state index contributed by atoms with van der Waals surface area (Å²) < 4.78 is 0. The second-order valence-electron chi connectivity index (χ2n) is 3.24. The first-order valence-electron chi connectivity index (χ1n) is 4.32. The largest absolute Gasteiger partial charge is 0.389 e. The molecule has 2 aromatic rings. The van der Waals surface area contributed by atoms with Crippen LogP contribution < -0.4 is 0 Å². The highest BCUT2D eigenvalue weighted by Crippen LogP contribution is 2.21. The minimum absolute atomic E-state index is 0.466. The third-order valence-corrected chi connectivity index (χ3v) is 2.11. The maximum atomic E-state index is 9.48. The van der Waals surface area contributed by atoms with Gasteiger partial charge in [0.25, 0.3) is 0 Å². The Bertz CT molecular complexity index is 431. The topological polar surface area (TPSA) is 48.9 Å². The Labute approximate surface area is 76.4 Å². The van der Waals surface area contributed by atoms with E-state index in [1.165, 1.54) is 0 Å². The first-order chi connectivity index (χ1) is 6.18. The summed E-state index contributed by atoms with van der Waals surface area (Å²) in [6, 6.07) is 5.77.